The fourth-order valence-electron chi connectivity index (χ4n) is 2.85. The van der Waals surface area contributed by atoms with Crippen molar-refractivity contribution in [3.63, 3.8) is 0 Å². The second-order valence-corrected chi connectivity index (χ2v) is 6.83. The number of carbonyl (C=O) groups is 1. The summed E-state index contributed by atoms with van der Waals surface area (Å²) in [6, 6.07) is 14.7. The molecular formula is C22H25NO5. The average molecular weight is 383 g/mol. The first-order valence-corrected chi connectivity index (χ1v) is 9.07. The van der Waals surface area contributed by atoms with Gasteiger partial charge in [0.05, 0.1) is 25.7 Å². The average Bonchev–Trinajstić information content (AvgIpc) is 2.74. The van der Waals surface area contributed by atoms with E-state index in [2.05, 4.69) is 11.9 Å². The van der Waals surface area contributed by atoms with Crippen LogP contribution in [0.1, 0.15) is 18.8 Å². The summed E-state index contributed by atoms with van der Waals surface area (Å²) in [4.78, 5) is 12.8. The second-order valence-electron chi connectivity index (χ2n) is 6.83. The highest BCUT2D eigenvalue weighted by atomic mass is 16.7. The summed E-state index contributed by atoms with van der Waals surface area (Å²) in [5.74, 6) is 1.25. The largest absolute Gasteiger partial charge is 0.496 e. The van der Waals surface area contributed by atoms with Crippen LogP contribution < -0.4 is 14.8 Å². The van der Waals surface area contributed by atoms with E-state index in [1.165, 1.54) is 0 Å². The summed E-state index contributed by atoms with van der Waals surface area (Å²) in [7, 11) is 1.60. The Balaban J connectivity index is 1.60. The van der Waals surface area contributed by atoms with Gasteiger partial charge in [-0.25, -0.2) is 0 Å². The lowest BCUT2D eigenvalue weighted by molar-refractivity contribution is -0.226. The minimum Gasteiger partial charge on any atom is -0.496 e. The van der Waals surface area contributed by atoms with Crippen LogP contribution in [-0.4, -0.2) is 32.8 Å². The van der Waals surface area contributed by atoms with Gasteiger partial charge in [0.1, 0.15) is 18.1 Å². The molecule has 6 nitrogen and oxygen atoms in total. The Morgan fingerprint density at radius 2 is 1.89 bits per heavy atom. The molecule has 1 amide bonds. The third-order valence-electron chi connectivity index (χ3n) is 4.53. The highest BCUT2D eigenvalue weighted by molar-refractivity contribution is 5.95. The van der Waals surface area contributed by atoms with Crippen LogP contribution in [0.15, 0.2) is 61.2 Å². The molecule has 0 saturated carbocycles. The van der Waals surface area contributed by atoms with E-state index in [0.717, 1.165) is 5.56 Å². The van der Waals surface area contributed by atoms with Crippen LogP contribution in [0, 0.1) is 5.41 Å². The van der Waals surface area contributed by atoms with Crippen molar-refractivity contribution in [2.24, 2.45) is 5.41 Å². The van der Waals surface area contributed by atoms with Gasteiger partial charge in [0, 0.05) is 11.3 Å². The molecule has 3 rings (SSSR count). The molecule has 0 aliphatic carbocycles. The predicted octanol–water partition coefficient (Wildman–Crippen LogP) is 3.95. The molecular weight excluding hydrogens is 358 g/mol. The Labute approximate surface area is 165 Å². The molecule has 2 aromatic carbocycles. The Morgan fingerprint density at radius 1 is 1.21 bits per heavy atom. The monoisotopic (exact) mass is 383 g/mol. The van der Waals surface area contributed by atoms with Crippen molar-refractivity contribution in [2.75, 3.05) is 32.2 Å². The van der Waals surface area contributed by atoms with Gasteiger partial charge in [0.25, 0.3) is 0 Å². The van der Waals surface area contributed by atoms with Gasteiger partial charge in [0.15, 0.2) is 6.29 Å². The lowest BCUT2D eigenvalue weighted by Gasteiger charge is -2.36. The minimum absolute atomic E-state index is 0.161. The standard InChI is InChI=1S/C22H25NO5/c1-4-13-26-17-11-9-16(10-12-17)23-21(24)22(2)14-27-20(28-15-22)18-7-5-6-8-19(18)25-3/h4-12,20H,1,13-15H2,2-3H3,(H,23,24). The molecule has 1 aliphatic heterocycles. The van der Waals surface area contributed by atoms with Gasteiger partial charge in [-0.05, 0) is 37.3 Å². The van der Waals surface area contributed by atoms with Gasteiger partial charge >= 0.3 is 0 Å². The maximum absolute atomic E-state index is 12.8. The first-order chi connectivity index (χ1) is 13.6. The fraction of sp³-hybridized carbons (Fsp3) is 0.318. The number of hydrogen-bond donors (Lipinski definition) is 1. The van der Waals surface area contributed by atoms with E-state index in [0.29, 0.717) is 23.8 Å². The zero-order valence-corrected chi connectivity index (χ0v) is 16.1. The number of benzene rings is 2. The number of ether oxygens (including phenoxy) is 4. The van der Waals surface area contributed by atoms with Crippen LogP contribution in [-0.2, 0) is 14.3 Å². The van der Waals surface area contributed by atoms with E-state index in [1.807, 2.05) is 31.2 Å². The SMILES string of the molecule is C=CCOc1ccc(NC(=O)C2(C)COC(c3ccccc3OC)OC2)cc1. The van der Waals surface area contributed by atoms with Crippen LogP contribution in [0.4, 0.5) is 5.69 Å². The maximum Gasteiger partial charge on any atom is 0.234 e. The molecule has 0 atom stereocenters. The van der Waals surface area contributed by atoms with Crippen molar-refractivity contribution in [2.45, 2.75) is 13.2 Å². The first-order valence-electron chi connectivity index (χ1n) is 9.07. The normalized spacial score (nSPS) is 21.6. The van der Waals surface area contributed by atoms with Crippen LogP contribution in [0.25, 0.3) is 0 Å². The number of anilines is 1. The Bertz CT molecular complexity index is 810. The summed E-state index contributed by atoms with van der Waals surface area (Å²) < 4.78 is 22.5. The van der Waals surface area contributed by atoms with Crippen LogP contribution >= 0.6 is 0 Å². The highest BCUT2D eigenvalue weighted by Crippen LogP contribution is 2.36. The van der Waals surface area contributed by atoms with Crippen molar-refractivity contribution >= 4 is 11.6 Å². The minimum atomic E-state index is -0.795. The molecule has 1 heterocycles. The molecule has 1 saturated heterocycles. The van der Waals surface area contributed by atoms with E-state index in [-0.39, 0.29) is 19.1 Å². The van der Waals surface area contributed by atoms with E-state index in [4.69, 9.17) is 18.9 Å². The van der Waals surface area contributed by atoms with E-state index in [1.54, 1.807) is 37.5 Å². The molecule has 0 bridgehead atoms. The number of rotatable bonds is 7. The number of amides is 1. The smallest absolute Gasteiger partial charge is 0.234 e. The molecule has 1 N–H and O–H groups in total. The number of para-hydroxylation sites is 1. The van der Waals surface area contributed by atoms with Crippen molar-refractivity contribution < 1.29 is 23.7 Å². The summed E-state index contributed by atoms with van der Waals surface area (Å²) in [6.07, 6.45) is 1.12. The molecule has 0 spiro atoms. The molecule has 1 aliphatic rings. The zero-order chi connectivity index (χ0) is 20.0. The van der Waals surface area contributed by atoms with E-state index < -0.39 is 11.7 Å². The van der Waals surface area contributed by atoms with Gasteiger partial charge < -0.3 is 24.3 Å². The Hall–Kier alpha value is -2.83. The quantitative estimate of drug-likeness (QED) is 0.734. The van der Waals surface area contributed by atoms with E-state index in [9.17, 15) is 4.79 Å². The van der Waals surface area contributed by atoms with Crippen LogP contribution in [0.5, 0.6) is 11.5 Å². The number of methoxy groups -OCH3 is 1. The third-order valence-corrected chi connectivity index (χ3v) is 4.53. The fourth-order valence-corrected chi connectivity index (χ4v) is 2.85. The van der Waals surface area contributed by atoms with Gasteiger partial charge in [0.2, 0.25) is 5.91 Å². The molecule has 0 aromatic heterocycles. The van der Waals surface area contributed by atoms with Crippen LogP contribution in [0.2, 0.25) is 0 Å². The molecule has 1 fully saturated rings. The lowest BCUT2D eigenvalue weighted by atomic mass is 9.90. The zero-order valence-electron chi connectivity index (χ0n) is 16.1. The van der Waals surface area contributed by atoms with E-state index >= 15 is 0 Å². The van der Waals surface area contributed by atoms with Crippen molar-refractivity contribution in [3.8, 4) is 11.5 Å². The second kappa shape index (κ2) is 8.91. The molecule has 28 heavy (non-hydrogen) atoms. The first kappa shape index (κ1) is 19.9. The van der Waals surface area contributed by atoms with Gasteiger partial charge in [-0.1, -0.05) is 30.9 Å². The van der Waals surface area contributed by atoms with Crippen molar-refractivity contribution in [1.29, 1.82) is 0 Å². The van der Waals surface area contributed by atoms with Gasteiger partial charge in [-0.3, -0.25) is 4.79 Å². The maximum atomic E-state index is 12.8. The number of hydrogen-bond acceptors (Lipinski definition) is 5. The highest BCUT2D eigenvalue weighted by Gasteiger charge is 2.40. The summed E-state index contributed by atoms with van der Waals surface area (Å²) in [5, 5.41) is 2.91. The topological polar surface area (TPSA) is 66.0 Å². The molecule has 0 unspecified atom stereocenters. The Kier molecular flexibility index (Phi) is 6.34. The summed E-state index contributed by atoms with van der Waals surface area (Å²) in [5.41, 5.74) is 0.697. The predicted molar refractivity (Wildman–Crippen MR) is 107 cm³/mol. The molecule has 0 radical (unpaired) electrons. The van der Waals surface area contributed by atoms with Gasteiger partial charge in [-0.15, -0.1) is 0 Å². The summed E-state index contributed by atoms with van der Waals surface area (Å²) in [6.45, 7) is 6.35. The van der Waals surface area contributed by atoms with Crippen molar-refractivity contribution in [1.82, 2.24) is 0 Å². The van der Waals surface area contributed by atoms with Crippen molar-refractivity contribution in [3.05, 3.63) is 66.7 Å². The summed E-state index contributed by atoms with van der Waals surface area (Å²) >= 11 is 0. The molecule has 148 valence electrons. The molecule has 2 aromatic rings. The Morgan fingerprint density at radius 3 is 2.54 bits per heavy atom. The number of nitrogens with one attached hydrogen (secondary N) is 1. The van der Waals surface area contributed by atoms with Gasteiger partial charge in [-0.2, -0.15) is 0 Å². The van der Waals surface area contributed by atoms with Crippen LogP contribution in [0.3, 0.4) is 0 Å². The lowest BCUT2D eigenvalue weighted by Crippen LogP contribution is -2.45. The third kappa shape index (κ3) is 4.52. The number of carbonyl (C=O) groups excluding carboxylic acids is 1. The molecule has 6 heteroatoms.